The lowest BCUT2D eigenvalue weighted by Crippen LogP contribution is -2.57. The lowest BCUT2D eigenvalue weighted by Gasteiger charge is -2.33. The molecule has 4 rings (SSSR count). The van der Waals surface area contributed by atoms with E-state index in [4.69, 9.17) is 14.9 Å². The molecular weight excluding hydrogens is 466 g/mol. The first-order valence-electron chi connectivity index (χ1n) is 11.5. The third kappa shape index (κ3) is 6.45. The molecule has 192 valence electrons. The molecule has 0 spiro atoms. The highest BCUT2D eigenvalue weighted by Crippen LogP contribution is 2.36. The number of amides is 1. The number of rotatable bonds is 9. The highest BCUT2D eigenvalue weighted by Gasteiger charge is 2.35. The number of nitrogens with one attached hydrogen (secondary N) is 1. The van der Waals surface area contributed by atoms with Gasteiger partial charge in [0.2, 0.25) is 5.89 Å². The summed E-state index contributed by atoms with van der Waals surface area (Å²) in [5.41, 5.74) is 6.02. The fourth-order valence-electron chi connectivity index (χ4n) is 3.52. The maximum absolute atomic E-state index is 13.1. The number of alkyl halides is 2. The lowest BCUT2D eigenvalue weighted by molar-refractivity contribution is -0.142. The van der Waals surface area contributed by atoms with Crippen LogP contribution in [0.1, 0.15) is 42.9 Å². The minimum atomic E-state index is -3.02. The molecule has 2 fully saturated rings. The van der Waals surface area contributed by atoms with Crippen LogP contribution in [0, 0.1) is 5.92 Å². The second-order valence-electron chi connectivity index (χ2n) is 7.85. The number of carboxylic acids is 1. The number of hydrogen-bond acceptors (Lipinski definition) is 8. The van der Waals surface area contributed by atoms with Crippen LogP contribution in [0.5, 0.6) is 11.5 Å². The van der Waals surface area contributed by atoms with Crippen molar-refractivity contribution in [1.29, 1.82) is 0 Å². The van der Waals surface area contributed by atoms with Gasteiger partial charge in [-0.1, -0.05) is 13.8 Å². The van der Waals surface area contributed by atoms with Gasteiger partial charge in [0.15, 0.2) is 23.0 Å². The third-order valence-electron chi connectivity index (χ3n) is 5.45. The molecule has 0 bridgehead atoms. The minimum absolute atomic E-state index is 0.0284. The molecule has 1 aliphatic heterocycles. The van der Waals surface area contributed by atoms with Crippen LogP contribution >= 0.6 is 0 Å². The van der Waals surface area contributed by atoms with Gasteiger partial charge >= 0.3 is 12.6 Å². The number of ether oxygens (including phenoxy) is 2. The van der Waals surface area contributed by atoms with E-state index < -0.39 is 24.5 Å². The number of carbonyl (C=O) groups is 2. The van der Waals surface area contributed by atoms with E-state index in [0.717, 1.165) is 12.8 Å². The van der Waals surface area contributed by atoms with Gasteiger partial charge in [-0.05, 0) is 37.0 Å². The van der Waals surface area contributed by atoms with Crippen molar-refractivity contribution in [3.8, 4) is 23.0 Å². The van der Waals surface area contributed by atoms with Crippen LogP contribution in [0.4, 0.5) is 8.78 Å². The average molecular weight is 497 g/mol. The normalized spacial score (nSPS) is 17.5. The summed E-state index contributed by atoms with van der Waals surface area (Å²) in [6.45, 7) is 1.93. The maximum atomic E-state index is 13.1. The molecule has 1 saturated carbocycles. The maximum Gasteiger partial charge on any atom is 0.387 e. The molecule has 1 aromatic carbocycles. The third-order valence-corrected chi connectivity index (χ3v) is 5.45. The van der Waals surface area contributed by atoms with Crippen LogP contribution in [-0.2, 0) is 11.3 Å². The Bertz CT molecular complexity index is 1030. The van der Waals surface area contributed by atoms with E-state index in [1.807, 2.05) is 13.8 Å². The van der Waals surface area contributed by atoms with Gasteiger partial charge in [-0.3, -0.25) is 4.79 Å². The molecule has 4 N–H and O–H groups in total. The highest BCUT2D eigenvalue weighted by atomic mass is 19.3. The molecule has 1 atom stereocenters. The Morgan fingerprint density at radius 3 is 2.69 bits per heavy atom. The van der Waals surface area contributed by atoms with Crippen molar-refractivity contribution in [1.82, 2.24) is 15.2 Å². The second kappa shape index (κ2) is 11.9. The summed E-state index contributed by atoms with van der Waals surface area (Å²) in [7, 11) is 0. The number of benzene rings is 1. The number of aromatic nitrogens is 1. The molecule has 10 nitrogen and oxygen atoms in total. The molecule has 1 unspecified atom stereocenters. The predicted molar refractivity (Wildman–Crippen MR) is 121 cm³/mol. The first-order valence-corrected chi connectivity index (χ1v) is 11.5. The summed E-state index contributed by atoms with van der Waals surface area (Å²) in [5.74, 6) is -1.27. The van der Waals surface area contributed by atoms with E-state index in [2.05, 4.69) is 15.0 Å². The van der Waals surface area contributed by atoms with Crippen molar-refractivity contribution >= 4 is 11.9 Å². The van der Waals surface area contributed by atoms with Crippen LogP contribution in [0.3, 0.4) is 0 Å². The molecule has 12 heteroatoms. The van der Waals surface area contributed by atoms with E-state index in [-0.39, 0.29) is 48.5 Å². The Morgan fingerprint density at radius 1 is 1.31 bits per heavy atom. The van der Waals surface area contributed by atoms with Crippen LogP contribution in [-0.4, -0.2) is 65.8 Å². The Labute approximate surface area is 201 Å². The number of carboxylic acid groups (broad SMARTS) is 1. The molecule has 2 aliphatic rings. The summed E-state index contributed by atoms with van der Waals surface area (Å²) in [6, 6.07) is 3.16. The fraction of sp³-hybridized carbons (Fsp3) is 0.522. The average Bonchev–Trinajstić information content (AvgIpc) is 3.59. The van der Waals surface area contributed by atoms with Gasteiger partial charge < -0.3 is 34.9 Å². The van der Waals surface area contributed by atoms with E-state index in [1.165, 1.54) is 23.1 Å². The van der Waals surface area contributed by atoms with Gasteiger partial charge in [0, 0.05) is 25.2 Å². The van der Waals surface area contributed by atoms with Gasteiger partial charge in [0.05, 0.1) is 13.2 Å². The zero-order valence-electron chi connectivity index (χ0n) is 19.6. The Morgan fingerprint density at radius 2 is 2.06 bits per heavy atom. The fourth-order valence-corrected chi connectivity index (χ4v) is 3.52. The van der Waals surface area contributed by atoms with Crippen LogP contribution in [0.15, 0.2) is 22.6 Å². The smallest absolute Gasteiger partial charge is 0.387 e. The second-order valence-corrected chi connectivity index (χ2v) is 7.85. The molecule has 1 aromatic heterocycles. The van der Waals surface area contributed by atoms with Crippen molar-refractivity contribution in [2.75, 3.05) is 26.2 Å². The standard InChI is InChI=1S/C21H24F2N4O6.C2H6/c22-21(23)33-14-4-3-12(7-15(14)31-10-11-1-2-11)18-26-17(16(8-24)32-18)19(28)27-6-5-25-9-13(27)20(29)30;1-2/h3-4,7,11,13,21,25H,1-2,5-6,8-10,24H2,(H,29,30);1-2H3. The van der Waals surface area contributed by atoms with Gasteiger partial charge in [-0.15, -0.1) is 0 Å². The van der Waals surface area contributed by atoms with Gasteiger partial charge in [0.1, 0.15) is 6.04 Å². The quantitative estimate of drug-likeness (QED) is 0.478. The van der Waals surface area contributed by atoms with Gasteiger partial charge in [0.25, 0.3) is 5.91 Å². The summed E-state index contributed by atoms with van der Waals surface area (Å²) in [5, 5.41) is 12.4. The Hall–Kier alpha value is -3.25. The van der Waals surface area contributed by atoms with E-state index >= 15 is 0 Å². The van der Waals surface area contributed by atoms with Crippen molar-refractivity contribution in [3.63, 3.8) is 0 Å². The lowest BCUT2D eigenvalue weighted by atomic mass is 10.1. The number of hydrogen-bond donors (Lipinski definition) is 3. The number of nitrogens with zero attached hydrogens (tertiary/aromatic N) is 2. The topological polar surface area (TPSA) is 140 Å². The number of oxazole rings is 1. The minimum Gasteiger partial charge on any atom is -0.489 e. The summed E-state index contributed by atoms with van der Waals surface area (Å²) >= 11 is 0. The van der Waals surface area contributed by atoms with Crippen molar-refractivity contribution in [2.45, 2.75) is 45.9 Å². The molecule has 35 heavy (non-hydrogen) atoms. The first kappa shape index (κ1) is 26.4. The zero-order chi connectivity index (χ0) is 25.5. The number of piperazine rings is 1. The number of aliphatic carboxylic acids is 1. The van der Waals surface area contributed by atoms with Crippen LogP contribution < -0.4 is 20.5 Å². The number of carbonyl (C=O) groups excluding carboxylic acids is 1. The van der Waals surface area contributed by atoms with Crippen molar-refractivity contribution < 1.29 is 37.4 Å². The molecule has 2 heterocycles. The van der Waals surface area contributed by atoms with Crippen molar-refractivity contribution in [2.24, 2.45) is 11.7 Å². The number of nitrogens with two attached hydrogens (primary N) is 1. The van der Waals surface area contributed by atoms with Crippen LogP contribution in [0.2, 0.25) is 0 Å². The van der Waals surface area contributed by atoms with Gasteiger partial charge in [-0.2, -0.15) is 8.78 Å². The van der Waals surface area contributed by atoms with Crippen molar-refractivity contribution in [3.05, 3.63) is 29.7 Å². The summed E-state index contributed by atoms with van der Waals surface area (Å²) < 4.78 is 41.5. The molecule has 1 amide bonds. The largest absolute Gasteiger partial charge is 0.489 e. The predicted octanol–water partition coefficient (Wildman–Crippen LogP) is 2.72. The SMILES string of the molecule is CC.NCc1oc(-c2ccc(OC(F)F)c(OCC3CC3)c2)nc1C(=O)N1CCNCC1C(=O)O. The molecular formula is C23H30F2N4O6. The first-order chi connectivity index (χ1) is 16.9. The summed E-state index contributed by atoms with van der Waals surface area (Å²) in [4.78, 5) is 30.1. The van der Waals surface area contributed by atoms with Crippen LogP contribution in [0.25, 0.3) is 11.5 Å². The van der Waals surface area contributed by atoms with E-state index in [9.17, 15) is 23.5 Å². The Kier molecular flexibility index (Phi) is 8.99. The van der Waals surface area contributed by atoms with Gasteiger partial charge in [-0.25, -0.2) is 9.78 Å². The molecule has 1 aliphatic carbocycles. The number of halogens is 2. The monoisotopic (exact) mass is 496 g/mol. The Balaban J connectivity index is 0.00000167. The molecule has 0 radical (unpaired) electrons. The highest BCUT2D eigenvalue weighted by molar-refractivity contribution is 5.96. The zero-order valence-corrected chi connectivity index (χ0v) is 19.6. The summed E-state index contributed by atoms with van der Waals surface area (Å²) in [6.07, 6.45) is 2.03. The van der Waals surface area contributed by atoms with E-state index in [1.54, 1.807) is 0 Å². The van der Waals surface area contributed by atoms with E-state index in [0.29, 0.717) is 24.6 Å². The molecule has 1 saturated heterocycles. The molecule has 2 aromatic rings.